The molecule has 0 aromatic heterocycles. The van der Waals surface area contributed by atoms with Gasteiger partial charge in [-0.1, -0.05) is 12.8 Å². The van der Waals surface area contributed by atoms with Crippen molar-refractivity contribution in [3.63, 3.8) is 0 Å². The maximum Gasteiger partial charge on any atom is 0.338 e. The molecule has 2 aliphatic heterocycles. The number of nitrogens with one attached hydrogen (secondary N) is 1. The van der Waals surface area contributed by atoms with E-state index in [2.05, 4.69) is 5.32 Å². The van der Waals surface area contributed by atoms with Gasteiger partial charge in [-0.3, -0.25) is 9.69 Å². The topological polar surface area (TPSA) is 122 Å². The molecule has 0 atom stereocenters. The zero-order valence-electron chi connectivity index (χ0n) is 16.8. The van der Waals surface area contributed by atoms with Gasteiger partial charge in [-0.25, -0.2) is 18.0 Å². The molecule has 2 heterocycles. The summed E-state index contributed by atoms with van der Waals surface area (Å²) in [6.45, 7) is 0.746. The summed E-state index contributed by atoms with van der Waals surface area (Å²) in [6, 6.07) is 3.42. The van der Waals surface area contributed by atoms with Crippen molar-refractivity contribution >= 4 is 27.9 Å². The second-order valence-electron chi connectivity index (χ2n) is 7.04. The van der Waals surface area contributed by atoms with Crippen LogP contribution in [0.3, 0.4) is 0 Å². The number of carbonyl (C=O) groups excluding carboxylic acids is 3. The standard InChI is InChI=1S/C19H25N3O7S/c1-28-15-7-6-14(18(24)29-13-17(23)22-11-8-20-19(22)25)12-16(15)30(26,27)21-9-4-2-3-5-10-21/h6-7,12H,2-5,8-11,13H2,1H3,(H,20,25). The fourth-order valence-corrected chi connectivity index (χ4v) is 5.12. The van der Waals surface area contributed by atoms with Gasteiger partial charge >= 0.3 is 12.0 Å². The van der Waals surface area contributed by atoms with E-state index in [1.165, 1.54) is 29.6 Å². The average molecular weight is 439 g/mol. The number of hydrogen-bond acceptors (Lipinski definition) is 7. The van der Waals surface area contributed by atoms with E-state index in [-0.39, 0.29) is 22.8 Å². The van der Waals surface area contributed by atoms with Gasteiger partial charge < -0.3 is 14.8 Å². The Balaban J connectivity index is 1.77. The van der Waals surface area contributed by atoms with Crippen molar-refractivity contribution in [3.8, 4) is 5.75 Å². The Bertz CT molecular complexity index is 924. The molecular weight excluding hydrogens is 414 g/mol. The quantitative estimate of drug-likeness (QED) is 0.655. The fraction of sp³-hybridized carbons (Fsp3) is 0.526. The van der Waals surface area contributed by atoms with Crippen molar-refractivity contribution < 1.29 is 32.3 Å². The minimum atomic E-state index is -3.86. The zero-order chi connectivity index (χ0) is 21.7. The van der Waals surface area contributed by atoms with Crippen molar-refractivity contribution in [1.29, 1.82) is 0 Å². The summed E-state index contributed by atoms with van der Waals surface area (Å²) in [7, 11) is -2.51. The Morgan fingerprint density at radius 1 is 1.10 bits per heavy atom. The number of carbonyl (C=O) groups is 3. The van der Waals surface area contributed by atoms with Crippen LogP contribution in [-0.2, 0) is 19.6 Å². The number of hydrogen-bond donors (Lipinski definition) is 1. The lowest BCUT2D eigenvalue weighted by Crippen LogP contribution is -2.37. The number of nitrogens with zero attached hydrogens (tertiary/aromatic N) is 2. The molecule has 0 saturated carbocycles. The molecular formula is C19H25N3O7S. The first kappa shape index (κ1) is 22.0. The van der Waals surface area contributed by atoms with E-state index in [0.29, 0.717) is 19.6 Å². The first-order valence-corrected chi connectivity index (χ1v) is 11.2. The van der Waals surface area contributed by atoms with E-state index in [1.54, 1.807) is 0 Å². The first-order valence-electron chi connectivity index (χ1n) is 9.78. The van der Waals surface area contributed by atoms with Crippen LogP contribution in [-0.4, -0.2) is 75.4 Å². The highest BCUT2D eigenvalue weighted by atomic mass is 32.2. The third kappa shape index (κ3) is 4.73. The summed E-state index contributed by atoms with van der Waals surface area (Å²) in [4.78, 5) is 36.8. The molecule has 11 heteroatoms. The molecule has 0 spiro atoms. The predicted octanol–water partition coefficient (Wildman–Crippen LogP) is 0.968. The van der Waals surface area contributed by atoms with Gasteiger partial charge in [0.1, 0.15) is 10.6 Å². The van der Waals surface area contributed by atoms with Gasteiger partial charge in [0.15, 0.2) is 6.61 Å². The van der Waals surface area contributed by atoms with E-state index >= 15 is 0 Å². The van der Waals surface area contributed by atoms with Crippen LogP contribution in [0.2, 0.25) is 0 Å². The maximum absolute atomic E-state index is 13.2. The Morgan fingerprint density at radius 2 is 1.80 bits per heavy atom. The maximum atomic E-state index is 13.2. The van der Waals surface area contributed by atoms with E-state index < -0.39 is 34.5 Å². The van der Waals surface area contributed by atoms with Crippen molar-refractivity contribution in [2.75, 3.05) is 39.9 Å². The molecule has 0 radical (unpaired) electrons. The number of sulfonamides is 1. The lowest BCUT2D eigenvalue weighted by atomic mass is 10.2. The van der Waals surface area contributed by atoms with Crippen LogP contribution in [0.5, 0.6) is 5.75 Å². The normalized spacial score (nSPS) is 17.9. The van der Waals surface area contributed by atoms with Crippen LogP contribution in [0.4, 0.5) is 4.79 Å². The van der Waals surface area contributed by atoms with Crippen molar-refractivity contribution in [1.82, 2.24) is 14.5 Å². The Morgan fingerprint density at radius 3 is 2.40 bits per heavy atom. The highest BCUT2D eigenvalue weighted by molar-refractivity contribution is 7.89. The van der Waals surface area contributed by atoms with E-state index in [0.717, 1.165) is 30.6 Å². The number of benzene rings is 1. The second kappa shape index (κ2) is 9.43. The molecule has 1 N–H and O–H groups in total. The molecule has 2 aliphatic rings. The molecule has 164 valence electrons. The van der Waals surface area contributed by atoms with Crippen LogP contribution >= 0.6 is 0 Å². The van der Waals surface area contributed by atoms with Gasteiger partial charge in [0, 0.05) is 26.2 Å². The highest BCUT2D eigenvalue weighted by Gasteiger charge is 2.30. The minimum Gasteiger partial charge on any atom is -0.495 e. The molecule has 3 amide bonds. The molecule has 2 fully saturated rings. The second-order valence-corrected chi connectivity index (χ2v) is 8.94. The zero-order valence-corrected chi connectivity index (χ0v) is 17.6. The van der Waals surface area contributed by atoms with E-state index in [9.17, 15) is 22.8 Å². The third-order valence-electron chi connectivity index (χ3n) is 5.07. The summed E-state index contributed by atoms with van der Waals surface area (Å²) in [5.41, 5.74) is -0.0251. The van der Waals surface area contributed by atoms with Crippen molar-refractivity contribution in [3.05, 3.63) is 23.8 Å². The molecule has 2 saturated heterocycles. The van der Waals surface area contributed by atoms with Gasteiger partial charge in [-0.15, -0.1) is 0 Å². The number of urea groups is 1. The average Bonchev–Trinajstić information content (AvgIpc) is 2.99. The molecule has 30 heavy (non-hydrogen) atoms. The number of amides is 3. The van der Waals surface area contributed by atoms with Crippen LogP contribution < -0.4 is 10.1 Å². The summed E-state index contributed by atoms with van der Waals surface area (Å²) in [5, 5.41) is 2.48. The van der Waals surface area contributed by atoms with Gasteiger partial charge in [-0.05, 0) is 31.0 Å². The van der Waals surface area contributed by atoms with Crippen LogP contribution in [0.25, 0.3) is 0 Å². The number of rotatable bonds is 6. The largest absolute Gasteiger partial charge is 0.495 e. The van der Waals surface area contributed by atoms with Gasteiger partial charge in [0.2, 0.25) is 10.0 Å². The molecule has 0 aliphatic carbocycles. The van der Waals surface area contributed by atoms with E-state index in [1.807, 2.05) is 0 Å². The number of methoxy groups -OCH3 is 1. The van der Waals surface area contributed by atoms with Crippen molar-refractivity contribution in [2.45, 2.75) is 30.6 Å². The third-order valence-corrected chi connectivity index (χ3v) is 6.99. The van der Waals surface area contributed by atoms with Crippen molar-refractivity contribution in [2.24, 2.45) is 0 Å². The molecule has 1 aromatic rings. The summed E-state index contributed by atoms with van der Waals surface area (Å²) in [5.74, 6) is -1.39. The number of ether oxygens (including phenoxy) is 2. The molecule has 1 aromatic carbocycles. The van der Waals surface area contributed by atoms with Gasteiger partial charge in [0.25, 0.3) is 5.91 Å². The summed E-state index contributed by atoms with van der Waals surface area (Å²) < 4.78 is 37.9. The Labute approximate surface area is 175 Å². The lowest BCUT2D eigenvalue weighted by Gasteiger charge is -2.21. The minimum absolute atomic E-state index is 0.0251. The molecule has 3 rings (SSSR count). The first-order chi connectivity index (χ1) is 14.3. The number of imide groups is 1. The van der Waals surface area contributed by atoms with Crippen LogP contribution in [0, 0.1) is 0 Å². The van der Waals surface area contributed by atoms with Crippen LogP contribution in [0.1, 0.15) is 36.0 Å². The molecule has 10 nitrogen and oxygen atoms in total. The highest BCUT2D eigenvalue weighted by Crippen LogP contribution is 2.29. The lowest BCUT2D eigenvalue weighted by molar-refractivity contribution is -0.130. The SMILES string of the molecule is COc1ccc(C(=O)OCC(=O)N2CCNC2=O)cc1S(=O)(=O)N1CCCCCC1. The molecule has 0 bridgehead atoms. The molecule has 0 unspecified atom stereocenters. The van der Waals surface area contributed by atoms with Gasteiger partial charge in [-0.2, -0.15) is 4.31 Å². The smallest absolute Gasteiger partial charge is 0.338 e. The summed E-state index contributed by atoms with van der Waals surface area (Å²) in [6.07, 6.45) is 3.49. The number of esters is 1. The Kier molecular flexibility index (Phi) is 6.93. The fourth-order valence-electron chi connectivity index (χ4n) is 3.42. The Hall–Kier alpha value is -2.66. The predicted molar refractivity (Wildman–Crippen MR) is 106 cm³/mol. The monoisotopic (exact) mass is 439 g/mol. The van der Waals surface area contributed by atoms with E-state index in [4.69, 9.17) is 9.47 Å². The van der Waals surface area contributed by atoms with Crippen LogP contribution in [0.15, 0.2) is 23.1 Å². The van der Waals surface area contributed by atoms with Gasteiger partial charge in [0.05, 0.1) is 12.7 Å². The summed E-state index contributed by atoms with van der Waals surface area (Å²) >= 11 is 0.